The third-order valence-corrected chi connectivity index (χ3v) is 5.74. The van der Waals surface area contributed by atoms with Crippen molar-refractivity contribution in [2.24, 2.45) is 0 Å². The number of carbonyl (C=O) groups excluding carboxylic acids is 2. The number of urea groups is 1. The molecule has 2 aliphatic heterocycles. The average molecular weight is 432 g/mol. The van der Waals surface area contributed by atoms with E-state index in [1.165, 1.54) is 0 Å². The molecule has 8 nitrogen and oxygen atoms in total. The molecule has 1 aromatic carbocycles. The lowest BCUT2D eigenvalue weighted by molar-refractivity contribution is -0.167. The highest BCUT2D eigenvalue weighted by molar-refractivity contribution is 6.30. The number of rotatable bonds is 3. The number of halogens is 1. The van der Waals surface area contributed by atoms with Crippen LogP contribution in [-0.4, -0.2) is 51.6 Å². The van der Waals surface area contributed by atoms with Gasteiger partial charge in [-0.15, -0.1) is 0 Å². The first-order chi connectivity index (χ1) is 14.4. The van der Waals surface area contributed by atoms with Crippen molar-refractivity contribution >= 4 is 29.2 Å². The molecule has 3 heterocycles. The number of hydrogen-bond acceptors (Lipinski definition) is 4. The molecule has 2 aromatic rings. The van der Waals surface area contributed by atoms with E-state index in [1.54, 1.807) is 35.4 Å². The largest absolute Gasteiger partial charge is 0.352 e. The number of anilines is 1. The van der Waals surface area contributed by atoms with E-state index >= 15 is 0 Å². The van der Waals surface area contributed by atoms with Gasteiger partial charge in [-0.3, -0.25) is 4.79 Å². The van der Waals surface area contributed by atoms with Gasteiger partial charge in [0.15, 0.2) is 6.10 Å². The van der Waals surface area contributed by atoms with Crippen LogP contribution >= 0.6 is 11.6 Å². The number of hydrogen-bond donors (Lipinski definition) is 2. The second-order valence-electron chi connectivity index (χ2n) is 8.09. The fourth-order valence-corrected chi connectivity index (χ4v) is 4.26. The standard InChI is InChI=1S/C21H26ClN5O3/c1-14(2)24-20(29)26-9-6-21(7-10-26)19-23-8-11-27(19)13-17(30-21)18(28)25-16-5-3-4-15(22)12-16/h3-5,8,11-12,14,17H,6-7,9-10,13H2,1-2H3,(H,24,29)(H,25,28)/t17-/m0/s1. The van der Waals surface area contributed by atoms with Crippen molar-refractivity contribution in [2.75, 3.05) is 18.4 Å². The molecular weight excluding hydrogens is 406 g/mol. The molecule has 0 radical (unpaired) electrons. The Hall–Kier alpha value is -2.58. The number of ether oxygens (including phenoxy) is 1. The van der Waals surface area contributed by atoms with Gasteiger partial charge in [0, 0.05) is 55.1 Å². The maximum atomic E-state index is 12.9. The second kappa shape index (κ2) is 8.28. The van der Waals surface area contributed by atoms with Crippen LogP contribution in [-0.2, 0) is 21.7 Å². The van der Waals surface area contributed by atoms with E-state index in [1.807, 2.05) is 24.6 Å². The monoisotopic (exact) mass is 431 g/mol. The van der Waals surface area contributed by atoms with Gasteiger partial charge in [-0.1, -0.05) is 17.7 Å². The number of nitrogens with zero attached hydrogens (tertiary/aromatic N) is 3. The molecular formula is C21H26ClN5O3. The lowest BCUT2D eigenvalue weighted by Crippen LogP contribution is -2.55. The van der Waals surface area contributed by atoms with Gasteiger partial charge in [0.2, 0.25) is 0 Å². The summed E-state index contributed by atoms with van der Waals surface area (Å²) in [5.74, 6) is 0.592. The number of nitrogens with one attached hydrogen (secondary N) is 2. The molecule has 30 heavy (non-hydrogen) atoms. The zero-order chi connectivity index (χ0) is 21.3. The maximum Gasteiger partial charge on any atom is 0.317 e. The van der Waals surface area contributed by atoms with Crippen LogP contribution in [0.25, 0.3) is 0 Å². The molecule has 4 rings (SSSR count). The first-order valence-electron chi connectivity index (χ1n) is 10.2. The van der Waals surface area contributed by atoms with Crippen molar-refractivity contribution in [1.82, 2.24) is 19.8 Å². The summed E-state index contributed by atoms with van der Waals surface area (Å²) in [6.45, 7) is 5.34. The third-order valence-electron chi connectivity index (χ3n) is 5.51. The first kappa shape index (κ1) is 20.7. The normalized spacial score (nSPS) is 20.1. The van der Waals surface area contributed by atoms with Crippen LogP contribution in [0, 0.1) is 0 Å². The molecule has 160 valence electrons. The van der Waals surface area contributed by atoms with Crippen LogP contribution in [0.4, 0.5) is 10.5 Å². The van der Waals surface area contributed by atoms with Crippen LogP contribution in [0.15, 0.2) is 36.7 Å². The Labute approximate surface area is 180 Å². The molecule has 1 fully saturated rings. The van der Waals surface area contributed by atoms with Crippen molar-refractivity contribution in [3.63, 3.8) is 0 Å². The molecule has 1 saturated heterocycles. The Balaban J connectivity index is 1.49. The first-order valence-corrected chi connectivity index (χ1v) is 10.6. The highest BCUT2D eigenvalue weighted by Gasteiger charge is 2.47. The summed E-state index contributed by atoms with van der Waals surface area (Å²) < 4.78 is 8.37. The van der Waals surface area contributed by atoms with E-state index in [9.17, 15) is 9.59 Å². The minimum absolute atomic E-state index is 0.0748. The van der Waals surface area contributed by atoms with E-state index in [0.717, 1.165) is 5.82 Å². The molecule has 0 saturated carbocycles. The molecule has 1 atom stereocenters. The van der Waals surface area contributed by atoms with E-state index in [0.29, 0.717) is 43.2 Å². The number of likely N-dealkylation sites (tertiary alicyclic amines) is 1. The number of carbonyl (C=O) groups is 2. The van der Waals surface area contributed by atoms with Gasteiger partial charge in [-0.25, -0.2) is 9.78 Å². The number of benzene rings is 1. The van der Waals surface area contributed by atoms with Gasteiger partial charge in [0.05, 0.1) is 6.54 Å². The molecule has 0 bridgehead atoms. The van der Waals surface area contributed by atoms with Crippen molar-refractivity contribution < 1.29 is 14.3 Å². The molecule has 1 aromatic heterocycles. The van der Waals surface area contributed by atoms with Crippen molar-refractivity contribution in [3.05, 3.63) is 47.5 Å². The third kappa shape index (κ3) is 4.15. The topological polar surface area (TPSA) is 88.5 Å². The van der Waals surface area contributed by atoms with Crippen LogP contribution in [0.2, 0.25) is 5.02 Å². The Morgan fingerprint density at radius 1 is 1.30 bits per heavy atom. The van der Waals surface area contributed by atoms with E-state index in [2.05, 4.69) is 15.6 Å². The van der Waals surface area contributed by atoms with Crippen molar-refractivity contribution in [1.29, 1.82) is 0 Å². The predicted molar refractivity (Wildman–Crippen MR) is 113 cm³/mol. The van der Waals surface area contributed by atoms with Crippen LogP contribution in [0.1, 0.15) is 32.5 Å². The summed E-state index contributed by atoms with van der Waals surface area (Å²) in [6.07, 6.45) is 4.10. The Bertz CT molecular complexity index is 936. The number of aromatic nitrogens is 2. The molecule has 1 spiro atoms. The van der Waals surface area contributed by atoms with Gasteiger partial charge in [-0.05, 0) is 32.0 Å². The quantitative estimate of drug-likeness (QED) is 0.781. The summed E-state index contributed by atoms with van der Waals surface area (Å²) in [6, 6.07) is 7.04. The van der Waals surface area contributed by atoms with Gasteiger partial charge in [0.25, 0.3) is 5.91 Å². The Morgan fingerprint density at radius 3 is 2.77 bits per heavy atom. The number of amides is 3. The van der Waals surface area contributed by atoms with Crippen LogP contribution < -0.4 is 10.6 Å². The highest BCUT2D eigenvalue weighted by atomic mass is 35.5. The van der Waals surface area contributed by atoms with Gasteiger partial charge in [0.1, 0.15) is 11.4 Å². The number of piperidine rings is 1. The molecule has 9 heteroatoms. The van der Waals surface area contributed by atoms with E-state index in [-0.39, 0.29) is 18.0 Å². The number of fused-ring (bicyclic) bond motifs is 2. The fourth-order valence-electron chi connectivity index (χ4n) is 4.07. The zero-order valence-electron chi connectivity index (χ0n) is 17.1. The minimum atomic E-state index is -0.688. The SMILES string of the molecule is CC(C)NC(=O)N1CCC2(CC1)O[C@H](C(=O)Nc1cccc(Cl)c1)Cn1ccnc12. The summed E-state index contributed by atoms with van der Waals surface area (Å²) >= 11 is 6.02. The Kier molecular flexibility index (Phi) is 5.71. The highest BCUT2D eigenvalue weighted by Crippen LogP contribution is 2.40. The molecule has 2 N–H and O–H groups in total. The van der Waals surface area contributed by atoms with Gasteiger partial charge in [-0.2, -0.15) is 0 Å². The summed E-state index contributed by atoms with van der Waals surface area (Å²) in [7, 11) is 0. The van der Waals surface area contributed by atoms with Crippen LogP contribution in [0.3, 0.4) is 0 Å². The number of imidazole rings is 1. The lowest BCUT2D eigenvalue weighted by atomic mass is 9.88. The smallest absolute Gasteiger partial charge is 0.317 e. The van der Waals surface area contributed by atoms with Crippen LogP contribution in [0.5, 0.6) is 0 Å². The zero-order valence-corrected chi connectivity index (χ0v) is 17.9. The van der Waals surface area contributed by atoms with Gasteiger partial charge < -0.3 is 24.8 Å². The van der Waals surface area contributed by atoms with Crippen molar-refractivity contribution in [2.45, 2.75) is 51.0 Å². The Morgan fingerprint density at radius 2 is 2.07 bits per heavy atom. The maximum absolute atomic E-state index is 12.9. The van der Waals surface area contributed by atoms with Crippen molar-refractivity contribution in [3.8, 4) is 0 Å². The molecule has 3 amide bonds. The lowest BCUT2D eigenvalue weighted by Gasteiger charge is -2.45. The summed E-state index contributed by atoms with van der Waals surface area (Å²) in [4.78, 5) is 31.6. The van der Waals surface area contributed by atoms with E-state index in [4.69, 9.17) is 16.3 Å². The second-order valence-corrected chi connectivity index (χ2v) is 8.53. The van der Waals surface area contributed by atoms with E-state index < -0.39 is 11.7 Å². The van der Waals surface area contributed by atoms with Gasteiger partial charge >= 0.3 is 6.03 Å². The summed E-state index contributed by atoms with van der Waals surface area (Å²) in [5.41, 5.74) is -0.0612. The molecule has 2 aliphatic rings. The average Bonchev–Trinajstić information content (AvgIpc) is 3.18. The summed E-state index contributed by atoms with van der Waals surface area (Å²) in [5, 5.41) is 6.37. The minimum Gasteiger partial charge on any atom is -0.352 e. The molecule has 0 unspecified atom stereocenters. The fraction of sp³-hybridized carbons (Fsp3) is 0.476. The predicted octanol–water partition coefficient (Wildman–Crippen LogP) is 2.98. The molecule has 0 aliphatic carbocycles.